The molecule has 0 spiro atoms. The van der Waals surface area contributed by atoms with Gasteiger partial charge in [-0.2, -0.15) is 0 Å². The van der Waals surface area contributed by atoms with Crippen LogP contribution in [0.25, 0.3) is 0 Å². The Labute approximate surface area is 119 Å². The molecule has 0 fully saturated rings. The van der Waals surface area contributed by atoms with Crippen molar-refractivity contribution >= 4 is 12.4 Å². The Hall–Kier alpha value is -1.88. The lowest BCUT2D eigenvalue weighted by molar-refractivity contribution is -0.115. The Balaban J connectivity index is 2.35. The van der Waals surface area contributed by atoms with Gasteiger partial charge in [-0.05, 0) is 19.4 Å². The summed E-state index contributed by atoms with van der Waals surface area (Å²) in [5.74, 6) is -0.212. The lowest BCUT2D eigenvalue weighted by atomic mass is 10.2. The Morgan fingerprint density at radius 1 is 1.35 bits per heavy atom. The van der Waals surface area contributed by atoms with Crippen LogP contribution in [0.1, 0.15) is 26.3 Å². The highest BCUT2D eigenvalue weighted by molar-refractivity contribution is 5.67. The molecule has 110 valence electrons. The van der Waals surface area contributed by atoms with Crippen LogP contribution in [0.4, 0.5) is 4.79 Å². The summed E-state index contributed by atoms with van der Waals surface area (Å²) >= 11 is 0. The van der Waals surface area contributed by atoms with Gasteiger partial charge in [0, 0.05) is 5.92 Å². The highest BCUT2D eigenvalue weighted by atomic mass is 16.6. The van der Waals surface area contributed by atoms with E-state index in [1.54, 1.807) is 20.8 Å². The maximum Gasteiger partial charge on any atom is 0.409 e. The van der Waals surface area contributed by atoms with Gasteiger partial charge in [0.2, 0.25) is 0 Å². The molecule has 1 atom stereocenters. The van der Waals surface area contributed by atoms with Gasteiger partial charge in [0.05, 0.1) is 6.61 Å². The van der Waals surface area contributed by atoms with E-state index in [1.807, 2.05) is 30.3 Å². The van der Waals surface area contributed by atoms with Crippen molar-refractivity contribution < 1.29 is 19.1 Å². The van der Waals surface area contributed by atoms with Crippen molar-refractivity contribution in [3.63, 3.8) is 0 Å². The molecule has 5 nitrogen and oxygen atoms in total. The molecule has 0 aliphatic carbocycles. The van der Waals surface area contributed by atoms with Crippen LogP contribution in [-0.4, -0.2) is 24.7 Å². The lowest BCUT2D eigenvalue weighted by Gasteiger charge is -2.26. The molecule has 1 rings (SSSR count). The molecule has 5 heteroatoms. The van der Waals surface area contributed by atoms with E-state index in [1.165, 1.54) is 0 Å². The summed E-state index contributed by atoms with van der Waals surface area (Å²) in [7, 11) is 0. The number of ether oxygens (including phenoxy) is 2. The molecule has 0 aliphatic heterocycles. The number of alkyl carbamates (subject to hydrolysis) is 1. The predicted octanol–water partition coefficient (Wildman–Crippen LogP) is 2.50. The van der Waals surface area contributed by atoms with Gasteiger partial charge in [0.1, 0.15) is 18.6 Å². The molecule has 1 unspecified atom stereocenters. The van der Waals surface area contributed by atoms with Crippen molar-refractivity contribution in [3.05, 3.63) is 35.9 Å². The van der Waals surface area contributed by atoms with Crippen molar-refractivity contribution in [2.75, 3.05) is 6.61 Å². The average molecular weight is 279 g/mol. The molecular weight excluding hydrogens is 258 g/mol. The van der Waals surface area contributed by atoms with E-state index in [2.05, 4.69) is 5.32 Å². The summed E-state index contributed by atoms with van der Waals surface area (Å²) in [6.07, 6.45) is 0.252. The molecule has 0 bridgehead atoms. The van der Waals surface area contributed by atoms with Crippen molar-refractivity contribution in [3.8, 4) is 0 Å². The molecule has 0 aromatic heterocycles. The zero-order chi connectivity index (χ0) is 15.0. The number of benzene rings is 1. The number of amides is 1. The van der Waals surface area contributed by atoms with Crippen LogP contribution in [0.3, 0.4) is 0 Å². The fraction of sp³-hybridized carbons (Fsp3) is 0.467. The highest BCUT2D eigenvalue weighted by Crippen LogP contribution is 2.08. The van der Waals surface area contributed by atoms with Gasteiger partial charge in [-0.25, -0.2) is 4.79 Å². The first kappa shape index (κ1) is 16.2. The molecule has 0 heterocycles. The van der Waals surface area contributed by atoms with Crippen molar-refractivity contribution in [2.24, 2.45) is 5.92 Å². The minimum Gasteiger partial charge on any atom is -0.445 e. The van der Waals surface area contributed by atoms with Crippen LogP contribution in [-0.2, 0) is 20.9 Å². The largest absolute Gasteiger partial charge is 0.445 e. The first-order chi connectivity index (χ1) is 9.43. The lowest BCUT2D eigenvalue weighted by Crippen LogP contribution is -2.46. The normalized spacial score (nSPS) is 12.6. The van der Waals surface area contributed by atoms with E-state index in [0.717, 1.165) is 11.8 Å². The number of carbonyl (C=O) groups excluding carboxylic acids is 2. The number of carbonyl (C=O) groups is 2. The van der Waals surface area contributed by atoms with Gasteiger partial charge in [-0.15, -0.1) is 0 Å². The number of nitrogens with one attached hydrogen (secondary N) is 1. The first-order valence-corrected chi connectivity index (χ1v) is 6.51. The van der Waals surface area contributed by atoms with Gasteiger partial charge in [-0.1, -0.05) is 37.3 Å². The highest BCUT2D eigenvalue weighted by Gasteiger charge is 2.22. The molecule has 20 heavy (non-hydrogen) atoms. The van der Waals surface area contributed by atoms with Crippen LogP contribution in [0.2, 0.25) is 0 Å². The topological polar surface area (TPSA) is 64.6 Å². The molecule has 0 radical (unpaired) electrons. The van der Waals surface area contributed by atoms with Crippen LogP contribution in [0.5, 0.6) is 0 Å². The molecule has 0 aliphatic rings. The quantitative estimate of drug-likeness (QED) is 0.615. The van der Waals surface area contributed by atoms with Crippen LogP contribution >= 0.6 is 0 Å². The smallest absolute Gasteiger partial charge is 0.409 e. The van der Waals surface area contributed by atoms with E-state index in [0.29, 0.717) is 0 Å². The van der Waals surface area contributed by atoms with E-state index >= 15 is 0 Å². The van der Waals surface area contributed by atoms with E-state index in [-0.39, 0.29) is 19.1 Å². The predicted molar refractivity (Wildman–Crippen MR) is 75.0 cm³/mol. The fourth-order valence-corrected chi connectivity index (χ4v) is 1.42. The minimum absolute atomic E-state index is 0.202. The van der Waals surface area contributed by atoms with Crippen LogP contribution in [0, 0.1) is 5.92 Å². The van der Waals surface area contributed by atoms with Crippen LogP contribution in [0.15, 0.2) is 30.3 Å². The number of rotatable bonds is 7. The molecule has 1 amide bonds. The van der Waals surface area contributed by atoms with E-state index in [9.17, 15) is 9.59 Å². The second-order valence-electron chi connectivity index (χ2n) is 5.12. The van der Waals surface area contributed by atoms with Crippen molar-refractivity contribution in [2.45, 2.75) is 33.1 Å². The molecule has 0 saturated carbocycles. The fourth-order valence-electron chi connectivity index (χ4n) is 1.42. The van der Waals surface area contributed by atoms with E-state index < -0.39 is 11.8 Å². The third kappa shape index (κ3) is 6.33. The molecule has 1 aromatic rings. The first-order valence-electron chi connectivity index (χ1n) is 6.51. The van der Waals surface area contributed by atoms with Crippen molar-refractivity contribution in [1.82, 2.24) is 5.32 Å². The Morgan fingerprint density at radius 2 is 2.00 bits per heavy atom. The Bertz CT molecular complexity index is 431. The maximum absolute atomic E-state index is 11.7. The zero-order valence-electron chi connectivity index (χ0n) is 12.1. The van der Waals surface area contributed by atoms with Crippen molar-refractivity contribution in [1.29, 1.82) is 0 Å². The molecule has 0 saturated heterocycles. The summed E-state index contributed by atoms with van der Waals surface area (Å²) in [5, 5.41) is 2.61. The summed E-state index contributed by atoms with van der Waals surface area (Å²) in [5.41, 5.74) is 0.0290. The monoisotopic (exact) mass is 279 g/mol. The molecular formula is C15H21NO4. The Kier molecular flexibility index (Phi) is 6.18. The third-order valence-corrected chi connectivity index (χ3v) is 2.56. The summed E-state index contributed by atoms with van der Waals surface area (Å²) in [4.78, 5) is 22.2. The minimum atomic E-state index is -0.884. The van der Waals surface area contributed by atoms with E-state index in [4.69, 9.17) is 9.47 Å². The average Bonchev–Trinajstić information content (AvgIpc) is 2.43. The SMILES string of the molecule is CC(C=O)COC(C)(C)NC(=O)OCc1ccccc1. The molecule has 1 N–H and O–H groups in total. The second-order valence-corrected chi connectivity index (χ2v) is 5.12. The number of hydrogen-bond donors (Lipinski definition) is 1. The van der Waals surface area contributed by atoms with Crippen LogP contribution < -0.4 is 5.32 Å². The Morgan fingerprint density at radius 3 is 2.60 bits per heavy atom. The third-order valence-electron chi connectivity index (χ3n) is 2.56. The van der Waals surface area contributed by atoms with Gasteiger partial charge in [0.15, 0.2) is 0 Å². The van der Waals surface area contributed by atoms with Gasteiger partial charge < -0.3 is 14.3 Å². The number of hydrogen-bond acceptors (Lipinski definition) is 4. The summed E-state index contributed by atoms with van der Waals surface area (Å²) < 4.78 is 10.6. The standard InChI is InChI=1S/C15H21NO4/c1-12(9-17)10-20-15(2,3)16-14(18)19-11-13-7-5-4-6-8-13/h4-9,12H,10-11H2,1-3H3,(H,16,18). The summed E-state index contributed by atoms with van der Waals surface area (Å²) in [6, 6.07) is 9.41. The van der Waals surface area contributed by atoms with Gasteiger partial charge in [0.25, 0.3) is 0 Å². The number of aldehydes is 1. The van der Waals surface area contributed by atoms with Gasteiger partial charge in [-0.3, -0.25) is 5.32 Å². The maximum atomic E-state index is 11.7. The second kappa shape index (κ2) is 7.65. The summed E-state index contributed by atoms with van der Waals surface area (Å²) in [6.45, 7) is 5.60. The van der Waals surface area contributed by atoms with Gasteiger partial charge >= 0.3 is 6.09 Å². The zero-order valence-corrected chi connectivity index (χ0v) is 12.1. The molecule has 1 aromatic carbocycles.